The average molecular weight is 201 g/mol. The zero-order valence-electron chi connectivity index (χ0n) is 9.37. The summed E-state index contributed by atoms with van der Waals surface area (Å²) in [5.41, 5.74) is 3.11. The summed E-state index contributed by atoms with van der Waals surface area (Å²) < 4.78 is 0. The van der Waals surface area contributed by atoms with Crippen molar-refractivity contribution < 1.29 is 0 Å². The van der Waals surface area contributed by atoms with Crippen LogP contribution in [0.4, 0.5) is 0 Å². The van der Waals surface area contributed by atoms with Crippen molar-refractivity contribution >= 4 is 0 Å². The number of rotatable bonds is 3. The molecule has 0 aromatic heterocycles. The van der Waals surface area contributed by atoms with Gasteiger partial charge in [-0.25, -0.2) is 0 Å². The molecule has 1 heteroatoms. The maximum atomic E-state index is 3.79. The van der Waals surface area contributed by atoms with Gasteiger partial charge in [0.25, 0.3) is 0 Å². The lowest BCUT2D eigenvalue weighted by molar-refractivity contribution is 0.423. The molecule has 0 spiro atoms. The minimum Gasteiger partial charge on any atom is -0.311 e. The topological polar surface area (TPSA) is 12.0 Å². The van der Waals surface area contributed by atoms with Crippen LogP contribution in [0.5, 0.6) is 0 Å². The van der Waals surface area contributed by atoms with Crippen LogP contribution in [-0.2, 0) is 12.8 Å². The van der Waals surface area contributed by atoms with Gasteiger partial charge in [-0.15, -0.1) is 0 Å². The van der Waals surface area contributed by atoms with Crippen LogP contribution in [0.1, 0.15) is 30.9 Å². The summed E-state index contributed by atoms with van der Waals surface area (Å²) in [7, 11) is 0. The molecule has 0 bridgehead atoms. The normalized spacial score (nSPS) is 22.7. The molecule has 2 aliphatic carbocycles. The minimum absolute atomic E-state index is 0.693. The highest BCUT2D eigenvalue weighted by Crippen LogP contribution is 2.33. The van der Waals surface area contributed by atoms with Gasteiger partial charge in [0.05, 0.1) is 0 Å². The highest BCUT2D eigenvalue weighted by molar-refractivity contribution is 5.33. The third-order valence-corrected chi connectivity index (χ3v) is 3.88. The number of nitrogens with one attached hydrogen (secondary N) is 1. The van der Waals surface area contributed by atoms with E-state index < -0.39 is 0 Å². The van der Waals surface area contributed by atoms with Crippen LogP contribution in [0.15, 0.2) is 24.3 Å². The van der Waals surface area contributed by atoms with E-state index in [0.29, 0.717) is 6.04 Å². The van der Waals surface area contributed by atoms with Crippen LogP contribution in [-0.4, -0.2) is 12.1 Å². The van der Waals surface area contributed by atoms with E-state index in [0.717, 1.165) is 12.0 Å². The van der Waals surface area contributed by atoms with Gasteiger partial charge in [-0.2, -0.15) is 0 Å². The molecule has 1 fully saturated rings. The van der Waals surface area contributed by atoms with E-state index >= 15 is 0 Å². The molecule has 1 aromatic rings. The van der Waals surface area contributed by atoms with Gasteiger partial charge in [-0.05, 0) is 49.7 Å². The molecule has 1 atom stereocenters. The highest BCUT2D eigenvalue weighted by Gasteiger charge is 2.30. The molecule has 1 nitrogen and oxygen atoms in total. The fourth-order valence-corrected chi connectivity index (χ4v) is 2.78. The van der Waals surface area contributed by atoms with E-state index in [1.807, 2.05) is 0 Å². The summed E-state index contributed by atoms with van der Waals surface area (Å²) in [4.78, 5) is 0. The van der Waals surface area contributed by atoms with Crippen LogP contribution < -0.4 is 5.32 Å². The molecule has 80 valence electrons. The van der Waals surface area contributed by atoms with Crippen molar-refractivity contribution in [1.29, 1.82) is 0 Å². The van der Waals surface area contributed by atoms with Gasteiger partial charge >= 0.3 is 0 Å². The summed E-state index contributed by atoms with van der Waals surface area (Å²) in [6.07, 6.45) is 5.34. The van der Waals surface area contributed by atoms with Crippen molar-refractivity contribution in [3.05, 3.63) is 35.4 Å². The van der Waals surface area contributed by atoms with Crippen molar-refractivity contribution in [3.8, 4) is 0 Å². The molecule has 0 amide bonds. The van der Waals surface area contributed by atoms with E-state index in [1.165, 1.54) is 25.7 Å². The Morgan fingerprint density at radius 1 is 1.13 bits per heavy atom. The minimum atomic E-state index is 0.693. The zero-order chi connectivity index (χ0) is 10.3. The van der Waals surface area contributed by atoms with Gasteiger partial charge in [0.2, 0.25) is 0 Å². The molecule has 15 heavy (non-hydrogen) atoms. The van der Waals surface area contributed by atoms with Crippen LogP contribution in [0, 0.1) is 5.92 Å². The number of benzene rings is 1. The molecular weight excluding hydrogens is 182 g/mol. The molecule has 1 saturated carbocycles. The first-order valence-corrected chi connectivity index (χ1v) is 6.16. The predicted octanol–water partition coefficient (Wildman–Crippen LogP) is 2.54. The fraction of sp³-hybridized carbons (Fsp3) is 0.571. The Kier molecular flexibility index (Phi) is 2.28. The van der Waals surface area contributed by atoms with Crippen LogP contribution in [0.2, 0.25) is 0 Å². The Morgan fingerprint density at radius 3 is 2.27 bits per heavy atom. The molecule has 1 N–H and O–H groups in total. The Labute approximate surface area is 91.9 Å². The van der Waals surface area contributed by atoms with Crippen LogP contribution >= 0.6 is 0 Å². The van der Waals surface area contributed by atoms with E-state index in [2.05, 4.69) is 36.5 Å². The molecule has 2 aliphatic rings. The van der Waals surface area contributed by atoms with Crippen LogP contribution in [0.3, 0.4) is 0 Å². The molecule has 1 unspecified atom stereocenters. The molecule has 0 radical (unpaired) electrons. The second-order valence-corrected chi connectivity index (χ2v) is 5.17. The molecular formula is C14H19N. The maximum Gasteiger partial charge on any atom is 0.0151 e. The standard InChI is InChI=1S/C14H19N/c1-10(11-6-7-11)15-14-8-12-4-2-3-5-13(12)9-14/h2-5,10-11,14-15H,6-9H2,1H3. The summed E-state index contributed by atoms with van der Waals surface area (Å²) >= 11 is 0. The lowest BCUT2D eigenvalue weighted by atomic mass is 10.1. The van der Waals surface area contributed by atoms with Crippen molar-refractivity contribution in [2.24, 2.45) is 5.92 Å². The Hall–Kier alpha value is -0.820. The third kappa shape index (κ3) is 1.93. The van der Waals surface area contributed by atoms with E-state index in [-0.39, 0.29) is 0 Å². The molecule has 0 heterocycles. The van der Waals surface area contributed by atoms with Crippen LogP contribution in [0.25, 0.3) is 0 Å². The lowest BCUT2D eigenvalue weighted by Crippen LogP contribution is -2.38. The van der Waals surface area contributed by atoms with Gasteiger partial charge in [-0.1, -0.05) is 24.3 Å². The summed E-state index contributed by atoms with van der Waals surface area (Å²) in [6.45, 7) is 2.35. The van der Waals surface area contributed by atoms with Crippen molar-refractivity contribution in [3.63, 3.8) is 0 Å². The van der Waals surface area contributed by atoms with Gasteiger partial charge in [-0.3, -0.25) is 0 Å². The second kappa shape index (κ2) is 3.64. The van der Waals surface area contributed by atoms with Crippen molar-refractivity contribution in [2.45, 2.75) is 44.7 Å². The Bertz CT molecular complexity index is 329. The SMILES string of the molecule is CC(NC1Cc2ccccc2C1)C1CC1. The summed E-state index contributed by atoms with van der Waals surface area (Å²) in [5, 5.41) is 3.79. The molecule has 3 rings (SSSR count). The Balaban J connectivity index is 1.63. The van der Waals surface area contributed by atoms with Crippen molar-refractivity contribution in [2.75, 3.05) is 0 Å². The number of hydrogen-bond acceptors (Lipinski definition) is 1. The maximum absolute atomic E-state index is 3.79. The van der Waals surface area contributed by atoms with Gasteiger partial charge in [0.1, 0.15) is 0 Å². The summed E-state index contributed by atoms with van der Waals surface area (Å²) in [6, 6.07) is 10.3. The van der Waals surface area contributed by atoms with Crippen molar-refractivity contribution in [1.82, 2.24) is 5.32 Å². The third-order valence-electron chi connectivity index (χ3n) is 3.88. The average Bonchev–Trinajstić information content (AvgIpc) is 2.99. The fourth-order valence-electron chi connectivity index (χ4n) is 2.78. The van der Waals surface area contributed by atoms with E-state index in [1.54, 1.807) is 11.1 Å². The summed E-state index contributed by atoms with van der Waals surface area (Å²) in [5.74, 6) is 0.966. The highest BCUT2D eigenvalue weighted by atomic mass is 15.0. The Morgan fingerprint density at radius 2 is 1.73 bits per heavy atom. The predicted molar refractivity (Wildman–Crippen MR) is 63.0 cm³/mol. The van der Waals surface area contributed by atoms with E-state index in [9.17, 15) is 0 Å². The van der Waals surface area contributed by atoms with Gasteiger partial charge in [0, 0.05) is 12.1 Å². The first-order valence-electron chi connectivity index (χ1n) is 6.16. The quantitative estimate of drug-likeness (QED) is 0.792. The molecule has 0 aliphatic heterocycles. The zero-order valence-corrected chi connectivity index (χ0v) is 9.37. The second-order valence-electron chi connectivity index (χ2n) is 5.17. The number of fused-ring (bicyclic) bond motifs is 1. The molecule has 0 saturated heterocycles. The van der Waals surface area contributed by atoms with Gasteiger partial charge < -0.3 is 5.32 Å². The van der Waals surface area contributed by atoms with Gasteiger partial charge in [0.15, 0.2) is 0 Å². The number of hydrogen-bond donors (Lipinski definition) is 1. The monoisotopic (exact) mass is 201 g/mol. The lowest BCUT2D eigenvalue weighted by Gasteiger charge is -2.18. The largest absolute Gasteiger partial charge is 0.311 e. The first-order chi connectivity index (χ1) is 7.33. The smallest absolute Gasteiger partial charge is 0.0151 e. The molecule has 1 aromatic carbocycles. The van der Waals surface area contributed by atoms with E-state index in [4.69, 9.17) is 0 Å². The first kappa shape index (κ1) is 9.41.